The highest BCUT2D eigenvalue weighted by atomic mass is 16.5. The van der Waals surface area contributed by atoms with E-state index in [0.717, 1.165) is 11.1 Å². The van der Waals surface area contributed by atoms with Crippen LogP contribution in [0.1, 0.15) is 17.5 Å². The van der Waals surface area contributed by atoms with Gasteiger partial charge < -0.3 is 21.1 Å². The lowest BCUT2D eigenvalue weighted by atomic mass is 10.1. The van der Waals surface area contributed by atoms with Gasteiger partial charge in [-0.25, -0.2) is 0 Å². The molecule has 6 heteroatoms. The lowest BCUT2D eigenvalue weighted by molar-refractivity contribution is -0.117. The topological polar surface area (TPSA) is 100 Å². The van der Waals surface area contributed by atoms with E-state index in [2.05, 4.69) is 10.6 Å². The van der Waals surface area contributed by atoms with Gasteiger partial charge in [-0.3, -0.25) is 4.79 Å². The van der Waals surface area contributed by atoms with Crippen LogP contribution in [-0.2, 0) is 22.6 Å². The molecule has 0 aliphatic heterocycles. The number of nitrogens with one attached hydrogen (secondary N) is 2. The number of nitriles is 1. The van der Waals surface area contributed by atoms with Gasteiger partial charge in [-0.15, -0.1) is 0 Å². The maximum absolute atomic E-state index is 11.8. The summed E-state index contributed by atoms with van der Waals surface area (Å²) in [6.45, 7) is 2.05. The fourth-order valence-electron chi connectivity index (χ4n) is 1.80. The van der Waals surface area contributed by atoms with Gasteiger partial charge in [0.2, 0.25) is 0 Å². The molecule has 6 nitrogen and oxygen atoms in total. The Morgan fingerprint density at radius 3 is 2.91 bits per heavy atom. The fourth-order valence-corrected chi connectivity index (χ4v) is 1.80. The molecule has 0 saturated heterocycles. The van der Waals surface area contributed by atoms with E-state index in [1.807, 2.05) is 30.3 Å². The van der Waals surface area contributed by atoms with Crippen LogP contribution < -0.4 is 16.4 Å². The summed E-state index contributed by atoms with van der Waals surface area (Å²) in [6, 6.07) is 9.71. The van der Waals surface area contributed by atoms with Gasteiger partial charge in [0, 0.05) is 39.6 Å². The van der Waals surface area contributed by atoms with Gasteiger partial charge in [-0.1, -0.05) is 24.3 Å². The van der Waals surface area contributed by atoms with Crippen LogP contribution in [0.15, 0.2) is 36.0 Å². The molecular weight excluding hydrogens is 280 g/mol. The maximum atomic E-state index is 11.8. The number of carbonyl (C=O) groups excluding carboxylic acids is 1. The molecule has 0 unspecified atom stereocenters. The van der Waals surface area contributed by atoms with Crippen molar-refractivity contribution >= 4 is 5.91 Å². The second-order valence-electron chi connectivity index (χ2n) is 4.68. The third kappa shape index (κ3) is 6.39. The molecule has 0 heterocycles. The third-order valence-electron chi connectivity index (χ3n) is 2.96. The first-order valence-electron chi connectivity index (χ1n) is 7.10. The zero-order valence-corrected chi connectivity index (χ0v) is 12.8. The molecule has 0 saturated carbocycles. The summed E-state index contributed by atoms with van der Waals surface area (Å²) in [4.78, 5) is 11.8. The molecule has 0 aromatic heterocycles. The lowest BCUT2D eigenvalue weighted by Crippen LogP contribution is -2.27. The largest absolute Gasteiger partial charge is 0.386 e. The first-order chi connectivity index (χ1) is 10.7. The van der Waals surface area contributed by atoms with Gasteiger partial charge in [0.25, 0.3) is 5.91 Å². The summed E-state index contributed by atoms with van der Waals surface area (Å²) in [5, 5.41) is 14.7. The molecule has 0 aliphatic rings. The molecule has 0 atom stereocenters. The number of ether oxygens (including phenoxy) is 1. The number of methoxy groups -OCH3 is 1. The fraction of sp³-hybridized carbons (Fsp3) is 0.375. The normalized spacial score (nSPS) is 10.9. The van der Waals surface area contributed by atoms with Gasteiger partial charge in [-0.2, -0.15) is 5.26 Å². The van der Waals surface area contributed by atoms with Crippen molar-refractivity contribution in [2.24, 2.45) is 5.73 Å². The zero-order valence-electron chi connectivity index (χ0n) is 12.8. The SMILES string of the molecule is COCCCNC(=O)/C(C#N)=C\NCc1cccc(CN)c1. The van der Waals surface area contributed by atoms with Crippen LogP contribution in [0.4, 0.5) is 0 Å². The minimum atomic E-state index is -0.387. The monoisotopic (exact) mass is 302 g/mol. The molecule has 0 aliphatic carbocycles. The molecular formula is C16H22N4O2. The van der Waals surface area contributed by atoms with Gasteiger partial charge in [-0.05, 0) is 17.5 Å². The van der Waals surface area contributed by atoms with Gasteiger partial charge in [0.1, 0.15) is 11.6 Å². The van der Waals surface area contributed by atoms with Gasteiger partial charge >= 0.3 is 0 Å². The zero-order chi connectivity index (χ0) is 16.2. The standard InChI is InChI=1S/C16H22N4O2/c1-22-7-3-6-20-16(21)15(10-18)12-19-11-14-5-2-4-13(8-14)9-17/h2,4-5,8,12,19H,3,6-7,9,11,17H2,1H3,(H,20,21)/b15-12-. The van der Waals surface area contributed by atoms with Crippen LogP contribution >= 0.6 is 0 Å². The number of benzene rings is 1. The van der Waals surface area contributed by atoms with E-state index in [1.54, 1.807) is 7.11 Å². The molecule has 0 radical (unpaired) electrons. The van der Waals surface area contributed by atoms with Crippen molar-refractivity contribution in [1.82, 2.24) is 10.6 Å². The van der Waals surface area contributed by atoms with E-state index in [4.69, 9.17) is 15.7 Å². The highest BCUT2D eigenvalue weighted by Crippen LogP contribution is 2.04. The van der Waals surface area contributed by atoms with Crippen LogP contribution in [0.25, 0.3) is 0 Å². The van der Waals surface area contributed by atoms with Crippen molar-refractivity contribution in [3.05, 3.63) is 47.2 Å². The summed E-state index contributed by atoms with van der Waals surface area (Å²) in [5.41, 5.74) is 7.72. The molecule has 1 aromatic rings. The van der Waals surface area contributed by atoms with Crippen molar-refractivity contribution in [1.29, 1.82) is 5.26 Å². The molecule has 1 amide bonds. The first-order valence-corrected chi connectivity index (χ1v) is 7.10. The van der Waals surface area contributed by atoms with Crippen molar-refractivity contribution in [3.8, 4) is 6.07 Å². The van der Waals surface area contributed by atoms with Crippen LogP contribution in [-0.4, -0.2) is 26.2 Å². The summed E-state index contributed by atoms with van der Waals surface area (Å²) in [5.74, 6) is -0.387. The van der Waals surface area contributed by atoms with E-state index >= 15 is 0 Å². The second kappa shape index (κ2) is 10.4. The predicted molar refractivity (Wildman–Crippen MR) is 84.4 cm³/mol. The van der Waals surface area contributed by atoms with Crippen molar-refractivity contribution in [2.45, 2.75) is 19.5 Å². The van der Waals surface area contributed by atoms with Crippen molar-refractivity contribution in [3.63, 3.8) is 0 Å². The second-order valence-corrected chi connectivity index (χ2v) is 4.68. The Balaban J connectivity index is 2.47. The average Bonchev–Trinajstić information content (AvgIpc) is 2.55. The van der Waals surface area contributed by atoms with Crippen molar-refractivity contribution < 1.29 is 9.53 Å². The average molecular weight is 302 g/mol. The van der Waals surface area contributed by atoms with Crippen LogP contribution in [0.5, 0.6) is 0 Å². The molecule has 1 rings (SSSR count). The van der Waals surface area contributed by atoms with Crippen molar-refractivity contribution in [2.75, 3.05) is 20.3 Å². The van der Waals surface area contributed by atoms with Gasteiger partial charge in [0.05, 0.1) is 0 Å². The summed E-state index contributed by atoms with van der Waals surface area (Å²) >= 11 is 0. The molecule has 0 spiro atoms. The van der Waals surface area contributed by atoms with E-state index < -0.39 is 0 Å². The minimum absolute atomic E-state index is 0.0485. The molecule has 0 bridgehead atoms. The van der Waals surface area contributed by atoms with Crippen LogP contribution in [0, 0.1) is 11.3 Å². The maximum Gasteiger partial charge on any atom is 0.263 e. The smallest absolute Gasteiger partial charge is 0.263 e. The Morgan fingerprint density at radius 2 is 2.23 bits per heavy atom. The molecule has 22 heavy (non-hydrogen) atoms. The van der Waals surface area contributed by atoms with Gasteiger partial charge in [0.15, 0.2) is 0 Å². The Morgan fingerprint density at radius 1 is 1.45 bits per heavy atom. The molecule has 0 fully saturated rings. The highest BCUT2D eigenvalue weighted by molar-refractivity contribution is 5.97. The Labute approximate surface area is 130 Å². The lowest BCUT2D eigenvalue weighted by Gasteiger charge is -2.06. The number of hydrogen-bond donors (Lipinski definition) is 3. The molecule has 1 aromatic carbocycles. The van der Waals surface area contributed by atoms with Crippen LogP contribution in [0.2, 0.25) is 0 Å². The van der Waals surface area contributed by atoms with Crippen LogP contribution in [0.3, 0.4) is 0 Å². The number of rotatable bonds is 9. The predicted octanol–water partition coefficient (Wildman–Crippen LogP) is 0.795. The Hall–Kier alpha value is -2.36. The number of nitrogens with two attached hydrogens (primary N) is 1. The number of nitrogens with zero attached hydrogens (tertiary/aromatic N) is 1. The number of hydrogen-bond acceptors (Lipinski definition) is 5. The Kier molecular flexibility index (Phi) is 8.35. The summed E-state index contributed by atoms with van der Waals surface area (Å²) in [6.07, 6.45) is 2.14. The van der Waals surface area contributed by atoms with E-state index in [9.17, 15) is 4.79 Å². The minimum Gasteiger partial charge on any atom is -0.386 e. The summed E-state index contributed by atoms with van der Waals surface area (Å²) < 4.78 is 4.89. The molecule has 118 valence electrons. The van der Waals surface area contributed by atoms with E-state index in [1.165, 1.54) is 6.20 Å². The van der Waals surface area contributed by atoms with E-state index in [0.29, 0.717) is 32.7 Å². The number of amides is 1. The molecule has 4 N–H and O–H groups in total. The number of carbonyl (C=O) groups is 1. The van der Waals surface area contributed by atoms with E-state index in [-0.39, 0.29) is 11.5 Å². The summed E-state index contributed by atoms with van der Waals surface area (Å²) in [7, 11) is 1.60. The highest BCUT2D eigenvalue weighted by Gasteiger charge is 2.07. The Bertz CT molecular complexity index is 549. The third-order valence-corrected chi connectivity index (χ3v) is 2.96. The quantitative estimate of drug-likeness (QED) is 0.356. The first kappa shape index (κ1) is 17.7.